The number of amides is 1. The Hall–Kier alpha value is -2.40. The molecule has 1 saturated heterocycles. The minimum absolute atomic E-state index is 0.662. The second-order valence-corrected chi connectivity index (χ2v) is 5.84. The summed E-state index contributed by atoms with van der Waals surface area (Å²) in [6, 6.07) is 11.6. The topological polar surface area (TPSA) is 56.7 Å². The molecule has 1 fully saturated rings. The molecule has 0 bridgehead atoms. The lowest BCUT2D eigenvalue weighted by Gasteiger charge is -2.33. The maximum Gasteiger partial charge on any atom is 0.209 e. The van der Waals surface area contributed by atoms with Crippen molar-refractivity contribution in [2.24, 2.45) is 0 Å². The molecule has 2 aromatic rings. The van der Waals surface area contributed by atoms with Gasteiger partial charge in [0.25, 0.3) is 0 Å². The molecule has 5 heteroatoms. The highest BCUT2D eigenvalue weighted by Crippen LogP contribution is 2.26. The van der Waals surface area contributed by atoms with Crippen LogP contribution >= 0.6 is 0 Å². The van der Waals surface area contributed by atoms with Crippen LogP contribution in [0.25, 0.3) is 0 Å². The molecule has 2 heterocycles. The van der Waals surface area contributed by atoms with Gasteiger partial charge in [-0.15, -0.1) is 0 Å². The van der Waals surface area contributed by atoms with E-state index in [2.05, 4.69) is 9.88 Å². The van der Waals surface area contributed by atoms with Crippen molar-refractivity contribution >= 4 is 12.2 Å². The summed E-state index contributed by atoms with van der Waals surface area (Å²) >= 11 is 0. The largest absolute Gasteiger partial charge is 0.384 e. The van der Waals surface area contributed by atoms with Gasteiger partial charge in [-0.25, -0.2) is 4.98 Å². The van der Waals surface area contributed by atoms with E-state index >= 15 is 0 Å². The van der Waals surface area contributed by atoms with Gasteiger partial charge in [-0.3, -0.25) is 4.79 Å². The third-order valence-electron chi connectivity index (χ3n) is 4.33. The van der Waals surface area contributed by atoms with Crippen molar-refractivity contribution in [1.82, 2.24) is 9.88 Å². The monoisotopic (exact) mass is 311 g/mol. The van der Waals surface area contributed by atoms with Crippen molar-refractivity contribution in [2.75, 3.05) is 31.1 Å². The van der Waals surface area contributed by atoms with Gasteiger partial charge in [0, 0.05) is 37.9 Å². The molecule has 1 aliphatic rings. The zero-order valence-electron chi connectivity index (χ0n) is 13.2. The van der Waals surface area contributed by atoms with Crippen LogP contribution in [0.3, 0.4) is 0 Å². The lowest BCUT2D eigenvalue weighted by Crippen LogP contribution is -2.46. The van der Waals surface area contributed by atoms with Crippen molar-refractivity contribution in [1.29, 1.82) is 0 Å². The van der Waals surface area contributed by atoms with Crippen LogP contribution in [0.2, 0.25) is 0 Å². The first-order chi connectivity index (χ1) is 11.2. The SMILES string of the molecule is Cc1cc(N2CCN(C=O)CC2)ncc1[C@@H](O)c1ccccc1. The number of nitrogens with zero attached hydrogens (tertiary/aromatic N) is 3. The smallest absolute Gasteiger partial charge is 0.209 e. The molecule has 0 unspecified atom stereocenters. The number of pyridine rings is 1. The van der Waals surface area contributed by atoms with E-state index in [0.29, 0.717) is 0 Å². The maximum absolute atomic E-state index is 10.8. The lowest BCUT2D eigenvalue weighted by molar-refractivity contribution is -0.118. The number of hydrogen-bond acceptors (Lipinski definition) is 4. The molecule has 1 aromatic carbocycles. The van der Waals surface area contributed by atoms with E-state index in [4.69, 9.17) is 0 Å². The van der Waals surface area contributed by atoms with Crippen LogP contribution in [0.15, 0.2) is 42.6 Å². The van der Waals surface area contributed by atoms with Crippen molar-refractivity contribution < 1.29 is 9.90 Å². The van der Waals surface area contributed by atoms with Gasteiger partial charge in [-0.2, -0.15) is 0 Å². The average molecular weight is 311 g/mol. The minimum atomic E-state index is -0.662. The van der Waals surface area contributed by atoms with Crippen LogP contribution in [-0.2, 0) is 4.79 Å². The number of benzene rings is 1. The fraction of sp³-hybridized carbons (Fsp3) is 0.333. The minimum Gasteiger partial charge on any atom is -0.384 e. The second kappa shape index (κ2) is 6.79. The number of aryl methyl sites for hydroxylation is 1. The number of rotatable bonds is 4. The molecule has 1 N–H and O–H groups in total. The number of carbonyl (C=O) groups excluding carboxylic acids is 1. The molecule has 23 heavy (non-hydrogen) atoms. The van der Waals surface area contributed by atoms with Crippen molar-refractivity contribution in [2.45, 2.75) is 13.0 Å². The number of aliphatic hydroxyl groups is 1. The second-order valence-electron chi connectivity index (χ2n) is 5.84. The van der Waals surface area contributed by atoms with E-state index in [0.717, 1.165) is 55.1 Å². The first kappa shape index (κ1) is 15.5. The van der Waals surface area contributed by atoms with Gasteiger partial charge in [0.15, 0.2) is 0 Å². The van der Waals surface area contributed by atoms with Gasteiger partial charge in [0.05, 0.1) is 0 Å². The Kier molecular flexibility index (Phi) is 4.57. The Morgan fingerprint density at radius 1 is 1.17 bits per heavy atom. The Morgan fingerprint density at radius 2 is 1.87 bits per heavy atom. The van der Waals surface area contributed by atoms with E-state index in [1.807, 2.05) is 43.3 Å². The number of aromatic nitrogens is 1. The molecule has 1 amide bonds. The molecule has 3 rings (SSSR count). The highest BCUT2D eigenvalue weighted by molar-refractivity contribution is 5.50. The molecule has 0 radical (unpaired) electrons. The van der Waals surface area contributed by atoms with Crippen LogP contribution in [0.5, 0.6) is 0 Å². The van der Waals surface area contributed by atoms with Crippen molar-refractivity contribution in [3.63, 3.8) is 0 Å². The molecule has 0 saturated carbocycles. The van der Waals surface area contributed by atoms with Crippen LogP contribution in [0.1, 0.15) is 22.8 Å². The average Bonchev–Trinajstić information content (AvgIpc) is 2.62. The van der Waals surface area contributed by atoms with Gasteiger partial charge in [0.1, 0.15) is 11.9 Å². The van der Waals surface area contributed by atoms with Gasteiger partial charge >= 0.3 is 0 Å². The van der Waals surface area contributed by atoms with Crippen LogP contribution < -0.4 is 4.90 Å². The quantitative estimate of drug-likeness (QED) is 0.874. The molecule has 5 nitrogen and oxygen atoms in total. The molecule has 120 valence electrons. The fourth-order valence-corrected chi connectivity index (χ4v) is 2.88. The zero-order chi connectivity index (χ0) is 16.2. The Bertz CT molecular complexity index is 667. The van der Waals surface area contributed by atoms with Gasteiger partial charge < -0.3 is 14.9 Å². The van der Waals surface area contributed by atoms with E-state index in [-0.39, 0.29) is 0 Å². The van der Waals surface area contributed by atoms with Gasteiger partial charge in [-0.05, 0) is 24.1 Å². The van der Waals surface area contributed by atoms with Gasteiger partial charge in [0.2, 0.25) is 6.41 Å². The molecule has 0 aliphatic carbocycles. The Labute approximate surface area is 136 Å². The molecular weight excluding hydrogens is 290 g/mol. The number of aliphatic hydroxyl groups excluding tert-OH is 1. The summed E-state index contributed by atoms with van der Waals surface area (Å²) < 4.78 is 0. The molecule has 1 aromatic heterocycles. The van der Waals surface area contributed by atoms with Crippen LogP contribution in [0.4, 0.5) is 5.82 Å². The normalized spacial score (nSPS) is 16.3. The Morgan fingerprint density at radius 3 is 2.48 bits per heavy atom. The van der Waals surface area contributed by atoms with E-state index < -0.39 is 6.10 Å². The summed E-state index contributed by atoms with van der Waals surface area (Å²) in [5.74, 6) is 0.900. The van der Waals surface area contributed by atoms with E-state index in [9.17, 15) is 9.90 Å². The molecular formula is C18H21N3O2. The molecule has 1 aliphatic heterocycles. The first-order valence-electron chi connectivity index (χ1n) is 7.83. The summed E-state index contributed by atoms with van der Waals surface area (Å²) in [6.07, 6.45) is 1.99. The summed E-state index contributed by atoms with van der Waals surface area (Å²) in [6.45, 7) is 5.00. The zero-order valence-corrected chi connectivity index (χ0v) is 13.2. The predicted octanol–water partition coefficient (Wildman–Crippen LogP) is 1.75. The van der Waals surface area contributed by atoms with Crippen LogP contribution in [-0.4, -0.2) is 47.6 Å². The van der Waals surface area contributed by atoms with Crippen molar-refractivity contribution in [3.05, 3.63) is 59.3 Å². The highest BCUT2D eigenvalue weighted by atomic mass is 16.3. The molecule has 0 spiro atoms. The third-order valence-corrected chi connectivity index (χ3v) is 4.33. The highest BCUT2D eigenvalue weighted by Gasteiger charge is 2.19. The number of piperazine rings is 1. The summed E-state index contributed by atoms with van der Waals surface area (Å²) in [4.78, 5) is 19.2. The summed E-state index contributed by atoms with van der Waals surface area (Å²) in [5, 5.41) is 10.5. The van der Waals surface area contributed by atoms with Gasteiger partial charge in [-0.1, -0.05) is 30.3 Å². The lowest BCUT2D eigenvalue weighted by atomic mass is 9.99. The predicted molar refractivity (Wildman–Crippen MR) is 89.3 cm³/mol. The number of hydrogen-bond donors (Lipinski definition) is 1. The van der Waals surface area contributed by atoms with Crippen molar-refractivity contribution in [3.8, 4) is 0 Å². The standard InChI is InChI=1S/C18H21N3O2/c1-14-11-17(21-9-7-20(13-22)8-10-21)19-12-16(14)18(23)15-5-3-2-4-6-15/h2-6,11-13,18,23H,7-10H2,1H3/t18-/m0/s1. The number of anilines is 1. The van der Waals surface area contributed by atoms with E-state index in [1.165, 1.54) is 0 Å². The Balaban J connectivity index is 1.77. The molecule has 1 atom stereocenters. The maximum atomic E-state index is 10.8. The van der Waals surface area contributed by atoms with Crippen LogP contribution in [0, 0.1) is 6.92 Å². The number of carbonyl (C=O) groups is 1. The third kappa shape index (κ3) is 3.35. The summed E-state index contributed by atoms with van der Waals surface area (Å²) in [7, 11) is 0. The first-order valence-corrected chi connectivity index (χ1v) is 7.83. The summed E-state index contributed by atoms with van der Waals surface area (Å²) in [5.41, 5.74) is 2.71. The fourth-order valence-electron chi connectivity index (χ4n) is 2.88. The van der Waals surface area contributed by atoms with E-state index in [1.54, 1.807) is 11.1 Å².